The molecule has 0 spiro atoms. The minimum atomic E-state index is -6.26. The summed E-state index contributed by atoms with van der Waals surface area (Å²) in [7, 11) is -36.2. The molecule has 0 aliphatic heterocycles. The second kappa shape index (κ2) is 39.0. The molecule has 0 aromatic carbocycles. The number of rotatable bonds is 10. The largest absolute Gasteiger partial charge is 2.00 e. The van der Waals surface area contributed by atoms with Gasteiger partial charge in [-0.25, -0.2) is 27.4 Å². The van der Waals surface area contributed by atoms with Crippen molar-refractivity contribution in [1.29, 1.82) is 0 Å². The van der Waals surface area contributed by atoms with Gasteiger partial charge in [0.15, 0.2) is 0 Å². The van der Waals surface area contributed by atoms with Crippen molar-refractivity contribution in [2.75, 3.05) is 0 Å². The van der Waals surface area contributed by atoms with Crippen molar-refractivity contribution < 1.29 is 138 Å². The summed E-state index contributed by atoms with van der Waals surface area (Å²) in [6.45, 7) is 0. The molecule has 4 unspecified atom stereocenters. The molecule has 0 heterocycles. The van der Waals surface area contributed by atoms with Gasteiger partial charge in [-0.15, -0.1) is 0 Å². The van der Waals surface area contributed by atoms with Crippen LogP contribution in [0.5, 0.6) is 0 Å². The predicted octanol–water partition coefficient (Wildman–Crippen LogP) is -5.71. The fourth-order valence-electron chi connectivity index (χ4n) is 0.720. The zero-order chi connectivity index (χ0) is 20.5. The molecular formula is H34Ca8O24P6. The molecule has 24 nitrogen and oxygen atoms in total. The molecule has 224 valence electrons. The van der Waals surface area contributed by atoms with Crippen LogP contribution >= 0.6 is 46.9 Å². The molecule has 0 aromatic heterocycles. The first-order chi connectivity index (χ1) is 10.5. The number of hydrogen-bond acceptors (Lipinski definition) is 11. The van der Waals surface area contributed by atoms with E-state index in [4.69, 9.17) is 39.1 Å². The first kappa shape index (κ1) is 92.0. The zero-order valence-corrected chi connectivity index (χ0v) is 41.9. The molecule has 0 aliphatic carbocycles. The van der Waals surface area contributed by atoms with Gasteiger partial charge in [0, 0.05) is 0 Å². The summed E-state index contributed by atoms with van der Waals surface area (Å²) in [6, 6.07) is 0. The predicted molar refractivity (Wildman–Crippen MR) is 151 cm³/mol. The molecule has 0 saturated heterocycles. The van der Waals surface area contributed by atoms with Crippen LogP contribution in [0.15, 0.2) is 0 Å². The van der Waals surface area contributed by atoms with Crippen LogP contribution in [0, 0.1) is 0 Å². The van der Waals surface area contributed by atoms with Crippen LogP contribution in [0.1, 0.15) is 22.8 Å². The summed E-state index contributed by atoms with van der Waals surface area (Å²) < 4.78 is 80.4. The molecule has 0 radical (unpaired) electrons. The van der Waals surface area contributed by atoms with E-state index in [-0.39, 0.29) is 352 Å². The van der Waals surface area contributed by atoms with Crippen LogP contribution in [-0.4, -0.2) is 368 Å². The molecule has 38 heavy (non-hydrogen) atoms. The van der Waals surface area contributed by atoms with E-state index < -0.39 is 46.9 Å². The molecule has 0 aliphatic rings. The maximum atomic E-state index is 11.2. The normalized spacial score (nSPS) is 15.2. The van der Waals surface area contributed by atoms with Gasteiger partial charge >= 0.3 is 349 Å². The van der Waals surface area contributed by atoms with Crippen molar-refractivity contribution in [3.05, 3.63) is 0 Å². The maximum absolute atomic E-state index is 11.2. The van der Waals surface area contributed by atoms with Crippen molar-refractivity contribution in [3.63, 3.8) is 0 Å². The van der Waals surface area contributed by atoms with Crippen LogP contribution in [0.25, 0.3) is 0 Å². The number of phosphoric acid groups is 6. The van der Waals surface area contributed by atoms with Crippen molar-refractivity contribution in [1.82, 2.24) is 0 Å². The Labute approximate surface area is 476 Å². The van der Waals surface area contributed by atoms with E-state index in [1.165, 1.54) is 0 Å². The van der Waals surface area contributed by atoms with Gasteiger partial charge in [-0.3, -0.25) is 0 Å². The van der Waals surface area contributed by atoms with Gasteiger partial charge in [-0.1, -0.05) is 0 Å². The first-order valence-corrected chi connectivity index (χ1v) is 13.6. The molecule has 0 aromatic rings. The van der Waals surface area contributed by atoms with Crippen LogP contribution < -0.4 is 0 Å². The van der Waals surface area contributed by atoms with E-state index in [1.807, 2.05) is 0 Å². The van der Waals surface area contributed by atoms with Crippen LogP contribution in [0.2, 0.25) is 0 Å². The Hall–Kier alpha value is 10.7. The topological polar surface area (TPSA) is 468 Å². The Morgan fingerprint density at radius 2 is 0.421 bits per heavy atom. The van der Waals surface area contributed by atoms with Gasteiger partial charge in [0.25, 0.3) is 0 Å². The van der Waals surface area contributed by atoms with Gasteiger partial charge in [-0.05, 0) is 0 Å². The third-order valence-corrected chi connectivity index (χ3v) is 9.34. The van der Waals surface area contributed by atoms with Gasteiger partial charge in [0.2, 0.25) is 0 Å². The van der Waals surface area contributed by atoms with Crippen molar-refractivity contribution in [3.8, 4) is 0 Å². The molecular weight excluding hydrogens is 890 g/mol. The van der Waals surface area contributed by atoms with Gasteiger partial charge in [-0.2, -0.15) is 21.6 Å². The fraction of sp³-hybridized carbons (Fsp3) is 0. The van der Waals surface area contributed by atoms with Crippen molar-refractivity contribution >= 4 is 349 Å². The summed E-state index contributed by atoms with van der Waals surface area (Å²) in [5.74, 6) is 0. The Kier molecular flexibility index (Phi) is 94.4. The first-order valence-electron chi connectivity index (χ1n) is 4.52. The van der Waals surface area contributed by atoms with Crippen LogP contribution in [0.4, 0.5) is 0 Å². The standard InChI is InChI=1S/8Ca.H8O19P6.5H2O.16H/c;;;;;;;;1-20(2,3)15-22(7,8)17-24(11,12)19-25(13,14)18-23(9,10)16-21(4,5)6;;;;;;;;;;;;;;;;;;;;;/h;;;;;;;;(H,7,8)(H,9,10)(H,11,12)(H,13,14)(H2,1,2,3)(H2,4,5,6);5*1H2;;;;;;;;;;;;;;;;/q8*+2;;;;;;;16*-1. The quantitative estimate of drug-likeness (QED) is 0.0747. The van der Waals surface area contributed by atoms with Crippen molar-refractivity contribution in [2.45, 2.75) is 0 Å². The Morgan fingerprint density at radius 1 is 0.316 bits per heavy atom. The minimum absolute atomic E-state index is 0. The van der Waals surface area contributed by atoms with Crippen LogP contribution in [-0.2, 0) is 48.9 Å². The SMILES string of the molecule is O.O.O.O.O.O=P(O)(O)OP(=O)(O)OP(=O)(O)OP(=O)(O)OP(=O)(O)OP(=O)(O)O.[Ca+2].[Ca+2].[Ca+2].[Ca+2].[Ca+2].[Ca+2].[Ca+2].[Ca+2].[H-].[H-].[H-].[H-].[H-].[H-].[H-].[H-].[H-].[H-].[H-].[H-].[H-].[H-].[H-].[H-]. The van der Waals surface area contributed by atoms with Gasteiger partial charge < -0.3 is 89.4 Å². The molecule has 0 rings (SSSR count). The zero-order valence-electron chi connectivity index (χ0n) is 34.9. The van der Waals surface area contributed by atoms with Crippen molar-refractivity contribution in [2.24, 2.45) is 0 Å². The van der Waals surface area contributed by atoms with Crippen LogP contribution in [0.3, 0.4) is 0 Å². The molecule has 0 fully saturated rings. The van der Waals surface area contributed by atoms with E-state index in [1.54, 1.807) is 0 Å². The second-order valence-corrected chi connectivity index (χ2v) is 12.2. The molecule has 18 N–H and O–H groups in total. The average molecular weight is 925 g/mol. The second-order valence-electron chi connectivity index (χ2n) is 3.26. The van der Waals surface area contributed by atoms with E-state index in [0.29, 0.717) is 0 Å². The van der Waals surface area contributed by atoms with E-state index in [0.717, 1.165) is 0 Å². The molecule has 0 saturated carbocycles. The molecule has 0 amide bonds. The third-order valence-electron chi connectivity index (χ3n) is 1.04. The van der Waals surface area contributed by atoms with E-state index in [2.05, 4.69) is 21.6 Å². The molecule has 4 atom stereocenters. The third kappa shape index (κ3) is 58.9. The average Bonchev–Trinajstić information content (AvgIpc) is 1.97. The monoisotopic (exact) mass is 924 g/mol. The smallest absolute Gasteiger partial charge is 1.00 e. The summed E-state index contributed by atoms with van der Waals surface area (Å²) in [6.07, 6.45) is 0. The summed E-state index contributed by atoms with van der Waals surface area (Å²) in [5.41, 5.74) is 0. The molecule has 38 heteroatoms. The number of hydrogen-bond donors (Lipinski definition) is 8. The Balaban J connectivity index is -0.00000000709. The van der Waals surface area contributed by atoms with E-state index in [9.17, 15) is 27.4 Å². The minimum Gasteiger partial charge on any atom is -1.00 e. The summed E-state index contributed by atoms with van der Waals surface area (Å²) >= 11 is 0. The fourth-order valence-corrected chi connectivity index (χ4v) is 7.55. The van der Waals surface area contributed by atoms with Gasteiger partial charge in [0.1, 0.15) is 0 Å². The summed E-state index contributed by atoms with van der Waals surface area (Å²) in [5, 5.41) is 0. The molecule has 0 bridgehead atoms. The summed E-state index contributed by atoms with van der Waals surface area (Å²) in [4.78, 5) is 68.1. The van der Waals surface area contributed by atoms with Gasteiger partial charge in [0.05, 0.1) is 0 Å². The van der Waals surface area contributed by atoms with E-state index >= 15 is 0 Å². The Bertz CT molecular complexity index is 768. The maximum Gasteiger partial charge on any atom is 2.00 e. The Morgan fingerprint density at radius 3 is 0.526 bits per heavy atom.